The van der Waals surface area contributed by atoms with E-state index in [2.05, 4.69) is 25.0 Å². The summed E-state index contributed by atoms with van der Waals surface area (Å²) >= 11 is 5.95. The molecule has 158 valence electrons. The zero-order chi connectivity index (χ0) is 22.1. The summed E-state index contributed by atoms with van der Waals surface area (Å²) in [5.41, 5.74) is -1.00. The van der Waals surface area contributed by atoms with Gasteiger partial charge in [-0.05, 0) is 19.1 Å². The first-order chi connectivity index (χ1) is 14.1. The number of hydrogen-bond acceptors (Lipinski definition) is 6. The van der Waals surface area contributed by atoms with E-state index < -0.39 is 23.8 Å². The number of pyridine rings is 1. The number of hydrogen-bond donors (Lipinski definition) is 0. The molecule has 3 heterocycles. The van der Waals surface area contributed by atoms with Crippen molar-refractivity contribution in [1.82, 2.24) is 34.6 Å². The number of anilines is 1. The molecule has 0 unspecified atom stereocenters. The molecule has 0 aliphatic heterocycles. The smallest absolute Gasteiger partial charge is 0.317 e. The lowest BCUT2D eigenvalue weighted by atomic mass is 10.2. The molecule has 1 atom stereocenters. The van der Waals surface area contributed by atoms with E-state index in [0.717, 1.165) is 11.0 Å². The van der Waals surface area contributed by atoms with Crippen molar-refractivity contribution in [1.29, 1.82) is 0 Å². The van der Waals surface area contributed by atoms with Crippen molar-refractivity contribution < 1.29 is 18.0 Å². The van der Waals surface area contributed by atoms with Crippen molar-refractivity contribution >= 4 is 23.4 Å². The van der Waals surface area contributed by atoms with Crippen LogP contribution in [-0.2, 0) is 6.18 Å². The second-order valence-corrected chi connectivity index (χ2v) is 6.64. The first-order valence-electron chi connectivity index (χ1n) is 8.51. The molecule has 2 amide bonds. The second-order valence-electron chi connectivity index (χ2n) is 6.23. The van der Waals surface area contributed by atoms with Gasteiger partial charge >= 0.3 is 12.2 Å². The van der Waals surface area contributed by atoms with Gasteiger partial charge in [0.25, 0.3) is 5.95 Å². The minimum atomic E-state index is -4.59. The largest absolute Gasteiger partial charge is 0.417 e. The molecule has 0 spiro atoms. The van der Waals surface area contributed by atoms with Gasteiger partial charge < -0.3 is 4.90 Å². The van der Waals surface area contributed by atoms with Crippen molar-refractivity contribution in [3.05, 3.63) is 53.5 Å². The fourth-order valence-corrected chi connectivity index (χ4v) is 2.88. The van der Waals surface area contributed by atoms with Crippen molar-refractivity contribution in [3.63, 3.8) is 0 Å². The minimum Gasteiger partial charge on any atom is -0.317 e. The van der Waals surface area contributed by atoms with Crippen LogP contribution in [0.4, 0.5) is 23.8 Å². The summed E-state index contributed by atoms with van der Waals surface area (Å²) in [6, 6.07) is 1.22. The molecular formula is C17H16ClF3N8O. The number of carbonyl (C=O) groups is 1. The number of carbonyl (C=O) groups excluding carboxylic acids is 1. The standard InChI is InChI=1S/C17H16ClF3N8O/c1-10(13-25-9-26-29(13)15-22-5-4-6-23-15)27(2)16(30)28(3)14-12(18)7-11(8-24-14)17(19,20)21/h4-10H,1-3H3/t10-/m0/s1. The van der Waals surface area contributed by atoms with E-state index in [1.54, 1.807) is 25.4 Å². The van der Waals surface area contributed by atoms with Gasteiger partial charge in [-0.15, -0.1) is 0 Å². The lowest BCUT2D eigenvalue weighted by Gasteiger charge is -2.29. The summed E-state index contributed by atoms with van der Waals surface area (Å²) in [6.45, 7) is 1.71. The number of rotatable bonds is 4. The molecule has 3 aromatic rings. The van der Waals surface area contributed by atoms with Gasteiger partial charge in [-0.3, -0.25) is 4.90 Å². The Hall–Kier alpha value is -3.28. The Labute approximate surface area is 174 Å². The van der Waals surface area contributed by atoms with Gasteiger partial charge in [0.05, 0.1) is 16.6 Å². The summed E-state index contributed by atoms with van der Waals surface area (Å²) in [6.07, 6.45) is 0.418. The van der Waals surface area contributed by atoms with Gasteiger partial charge in [0.15, 0.2) is 11.6 Å². The van der Waals surface area contributed by atoms with Crippen LogP contribution in [0.3, 0.4) is 0 Å². The highest BCUT2D eigenvalue weighted by Crippen LogP contribution is 2.33. The summed E-state index contributed by atoms with van der Waals surface area (Å²) in [5.74, 6) is 0.553. The zero-order valence-corrected chi connectivity index (χ0v) is 16.8. The zero-order valence-electron chi connectivity index (χ0n) is 16.0. The highest BCUT2D eigenvalue weighted by Gasteiger charge is 2.33. The Balaban J connectivity index is 1.83. The Morgan fingerprint density at radius 1 is 1.17 bits per heavy atom. The van der Waals surface area contributed by atoms with Crippen LogP contribution in [-0.4, -0.2) is 54.7 Å². The quantitative estimate of drug-likeness (QED) is 0.617. The number of halogens is 4. The molecule has 0 saturated heterocycles. The third-order valence-electron chi connectivity index (χ3n) is 4.33. The summed E-state index contributed by atoms with van der Waals surface area (Å²) in [4.78, 5) is 31.4. The third-order valence-corrected chi connectivity index (χ3v) is 4.60. The molecule has 30 heavy (non-hydrogen) atoms. The van der Waals surface area contributed by atoms with E-state index in [0.29, 0.717) is 12.0 Å². The lowest BCUT2D eigenvalue weighted by Crippen LogP contribution is -2.41. The van der Waals surface area contributed by atoms with Crippen LogP contribution >= 0.6 is 11.6 Å². The van der Waals surface area contributed by atoms with Crippen LogP contribution < -0.4 is 4.90 Å². The molecule has 0 N–H and O–H groups in total. The van der Waals surface area contributed by atoms with Crippen LogP contribution in [0.5, 0.6) is 0 Å². The van der Waals surface area contributed by atoms with Crippen LogP contribution in [0.2, 0.25) is 5.02 Å². The summed E-state index contributed by atoms with van der Waals surface area (Å²) in [7, 11) is 2.87. The molecule has 13 heteroatoms. The summed E-state index contributed by atoms with van der Waals surface area (Å²) < 4.78 is 39.8. The number of nitrogens with zero attached hydrogens (tertiary/aromatic N) is 8. The van der Waals surface area contributed by atoms with Gasteiger partial charge in [0, 0.05) is 32.7 Å². The maximum absolute atomic E-state index is 12.9. The number of urea groups is 1. The van der Waals surface area contributed by atoms with E-state index in [1.807, 2.05) is 0 Å². The van der Waals surface area contributed by atoms with E-state index in [1.165, 1.54) is 30.0 Å². The van der Waals surface area contributed by atoms with E-state index in [-0.39, 0.29) is 16.8 Å². The fraction of sp³-hybridized carbons (Fsp3) is 0.294. The van der Waals surface area contributed by atoms with Crippen LogP contribution in [0, 0.1) is 0 Å². The van der Waals surface area contributed by atoms with Crippen molar-refractivity contribution in [2.24, 2.45) is 0 Å². The third kappa shape index (κ3) is 4.17. The molecule has 9 nitrogen and oxygen atoms in total. The fourth-order valence-electron chi connectivity index (χ4n) is 2.59. The molecule has 3 rings (SSSR count). The van der Waals surface area contributed by atoms with Gasteiger partial charge in [-0.1, -0.05) is 11.6 Å². The molecule has 0 saturated carbocycles. The molecule has 0 aromatic carbocycles. The average molecular weight is 441 g/mol. The van der Waals surface area contributed by atoms with Crippen molar-refractivity contribution in [3.8, 4) is 5.95 Å². The molecule has 3 aromatic heterocycles. The maximum Gasteiger partial charge on any atom is 0.417 e. The minimum absolute atomic E-state index is 0.110. The number of alkyl halides is 3. The Morgan fingerprint density at radius 3 is 2.43 bits per heavy atom. The van der Waals surface area contributed by atoms with E-state index >= 15 is 0 Å². The molecule has 0 bridgehead atoms. The van der Waals surface area contributed by atoms with Crippen molar-refractivity contribution in [2.45, 2.75) is 19.1 Å². The van der Waals surface area contributed by atoms with Gasteiger partial charge in [0.1, 0.15) is 6.33 Å². The van der Waals surface area contributed by atoms with Crippen LogP contribution in [0.25, 0.3) is 5.95 Å². The average Bonchev–Trinajstić information content (AvgIpc) is 3.21. The van der Waals surface area contributed by atoms with Crippen LogP contribution in [0.15, 0.2) is 37.1 Å². The predicted octanol–water partition coefficient (Wildman–Crippen LogP) is 3.37. The highest BCUT2D eigenvalue weighted by atomic mass is 35.5. The first-order valence-corrected chi connectivity index (χ1v) is 8.89. The van der Waals surface area contributed by atoms with E-state index in [4.69, 9.17) is 11.6 Å². The maximum atomic E-state index is 12.9. The SMILES string of the molecule is C[C@@H](c1ncnn1-c1ncccn1)N(C)C(=O)N(C)c1ncc(C(F)(F)F)cc1Cl. The summed E-state index contributed by atoms with van der Waals surface area (Å²) in [5, 5.41) is 3.78. The molecule has 0 fully saturated rings. The highest BCUT2D eigenvalue weighted by molar-refractivity contribution is 6.33. The molecule has 0 aliphatic rings. The monoisotopic (exact) mass is 440 g/mol. The molecule has 0 radical (unpaired) electrons. The van der Waals surface area contributed by atoms with Gasteiger partial charge in [-0.25, -0.2) is 24.7 Å². The second kappa shape index (κ2) is 8.22. The normalized spacial score (nSPS) is 12.5. The predicted molar refractivity (Wildman–Crippen MR) is 101 cm³/mol. The molecular weight excluding hydrogens is 425 g/mol. The topological polar surface area (TPSA) is 92.9 Å². The molecule has 0 aliphatic carbocycles. The number of aromatic nitrogens is 6. The van der Waals surface area contributed by atoms with Gasteiger partial charge in [-0.2, -0.15) is 23.0 Å². The Kier molecular flexibility index (Phi) is 5.87. The van der Waals surface area contributed by atoms with Gasteiger partial charge in [0.2, 0.25) is 0 Å². The first kappa shape index (κ1) is 21.4. The Bertz CT molecular complexity index is 1040. The van der Waals surface area contributed by atoms with E-state index in [9.17, 15) is 18.0 Å². The van der Waals surface area contributed by atoms with Crippen LogP contribution in [0.1, 0.15) is 24.4 Å². The lowest BCUT2D eigenvalue weighted by molar-refractivity contribution is -0.137. The van der Waals surface area contributed by atoms with Crippen molar-refractivity contribution in [2.75, 3.05) is 19.0 Å². The number of amides is 2. The Morgan fingerprint density at radius 2 is 1.83 bits per heavy atom.